The lowest BCUT2D eigenvalue weighted by Gasteiger charge is -2.38. The predicted octanol–water partition coefficient (Wildman–Crippen LogP) is 1.59. The first-order chi connectivity index (χ1) is 7.66. The Hall–Kier alpha value is -0.610. The molecule has 0 aromatic carbocycles. The van der Waals surface area contributed by atoms with E-state index in [0.717, 1.165) is 25.9 Å². The van der Waals surface area contributed by atoms with Gasteiger partial charge in [0.25, 0.3) is 0 Å². The van der Waals surface area contributed by atoms with Crippen LogP contribution in [0.3, 0.4) is 0 Å². The highest BCUT2D eigenvalue weighted by Crippen LogP contribution is 2.23. The molecule has 0 spiro atoms. The third kappa shape index (κ3) is 3.19. The summed E-state index contributed by atoms with van der Waals surface area (Å²) in [4.78, 5) is 13.8. The van der Waals surface area contributed by atoms with Crippen molar-refractivity contribution in [2.24, 2.45) is 11.8 Å². The van der Waals surface area contributed by atoms with Crippen molar-refractivity contribution in [3.63, 3.8) is 0 Å². The van der Waals surface area contributed by atoms with Crippen molar-refractivity contribution >= 4 is 5.91 Å². The van der Waals surface area contributed by atoms with Crippen molar-refractivity contribution < 1.29 is 10.0 Å². The molecule has 1 unspecified atom stereocenters. The Morgan fingerprint density at radius 3 is 2.31 bits per heavy atom. The largest absolute Gasteiger partial charge is 0.342 e. The Morgan fingerprint density at radius 2 is 1.88 bits per heavy atom. The van der Waals surface area contributed by atoms with Crippen molar-refractivity contribution in [1.82, 2.24) is 9.96 Å². The molecule has 2 aliphatic heterocycles. The standard InChI is InChI=1S/C10H18N2O2.C2H6/c1-8-5-9(7-12(14)6-8)10(13)11-3-2-4-11;1-2/h8-9,14H,2-7H2,1H3;1-2H3/t8?,9-;/m0./s1. The van der Waals surface area contributed by atoms with Gasteiger partial charge in [0.05, 0.1) is 5.92 Å². The van der Waals surface area contributed by atoms with Crippen LogP contribution in [-0.4, -0.2) is 47.3 Å². The quantitative estimate of drug-likeness (QED) is 0.741. The van der Waals surface area contributed by atoms with Gasteiger partial charge in [-0.25, -0.2) is 0 Å². The van der Waals surface area contributed by atoms with Crippen molar-refractivity contribution in [3.05, 3.63) is 0 Å². The van der Waals surface area contributed by atoms with Crippen LogP contribution in [0, 0.1) is 11.8 Å². The van der Waals surface area contributed by atoms with E-state index < -0.39 is 0 Å². The van der Waals surface area contributed by atoms with Crippen LogP contribution in [0.1, 0.15) is 33.6 Å². The first-order valence-corrected chi connectivity index (χ1v) is 6.39. The van der Waals surface area contributed by atoms with Gasteiger partial charge in [-0.15, -0.1) is 0 Å². The molecule has 16 heavy (non-hydrogen) atoms. The minimum atomic E-state index is 0.0176. The minimum Gasteiger partial charge on any atom is -0.342 e. The Kier molecular flexibility index (Phi) is 5.22. The van der Waals surface area contributed by atoms with E-state index in [9.17, 15) is 10.0 Å². The summed E-state index contributed by atoms with van der Waals surface area (Å²) in [5.41, 5.74) is 0. The summed E-state index contributed by atoms with van der Waals surface area (Å²) in [6.07, 6.45) is 2.06. The average molecular weight is 228 g/mol. The molecule has 0 bridgehead atoms. The second-order valence-corrected chi connectivity index (χ2v) is 4.59. The Morgan fingerprint density at radius 1 is 1.25 bits per heavy atom. The molecule has 0 radical (unpaired) electrons. The van der Waals surface area contributed by atoms with Crippen LogP contribution < -0.4 is 0 Å². The van der Waals surface area contributed by atoms with Crippen LogP contribution in [0.15, 0.2) is 0 Å². The number of amides is 1. The zero-order valence-corrected chi connectivity index (χ0v) is 10.6. The third-order valence-electron chi connectivity index (χ3n) is 3.16. The van der Waals surface area contributed by atoms with Crippen molar-refractivity contribution in [2.45, 2.75) is 33.6 Å². The molecule has 2 rings (SSSR count). The number of nitrogens with zero attached hydrogens (tertiary/aromatic N) is 2. The molecule has 2 heterocycles. The monoisotopic (exact) mass is 228 g/mol. The van der Waals surface area contributed by atoms with Crippen molar-refractivity contribution in [1.29, 1.82) is 0 Å². The number of hydrogen-bond acceptors (Lipinski definition) is 3. The molecule has 2 atom stereocenters. The van der Waals surface area contributed by atoms with Gasteiger partial charge in [-0.05, 0) is 18.8 Å². The fourth-order valence-electron chi connectivity index (χ4n) is 2.30. The van der Waals surface area contributed by atoms with E-state index in [-0.39, 0.29) is 11.8 Å². The average Bonchev–Trinajstić information content (AvgIpc) is 2.16. The lowest BCUT2D eigenvalue weighted by Crippen LogP contribution is -2.50. The molecule has 4 heteroatoms. The van der Waals surface area contributed by atoms with Gasteiger partial charge in [0, 0.05) is 26.2 Å². The van der Waals surface area contributed by atoms with Gasteiger partial charge in [-0.2, -0.15) is 5.06 Å². The van der Waals surface area contributed by atoms with E-state index in [0.29, 0.717) is 19.0 Å². The maximum absolute atomic E-state index is 11.9. The van der Waals surface area contributed by atoms with Gasteiger partial charge in [0.2, 0.25) is 5.91 Å². The second-order valence-electron chi connectivity index (χ2n) is 4.59. The van der Waals surface area contributed by atoms with Gasteiger partial charge in [0.15, 0.2) is 0 Å². The van der Waals surface area contributed by atoms with Gasteiger partial charge >= 0.3 is 0 Å². The Bertz CT molecular complexity index is 219. The molecule has 0 saturated carbocycles. The molecule has 2 aliphatic rings. The molecule has 4 nitrogen and oxygen atoms in total. The highest BCUT2D eigenvalue weighted by molar-refractivity contribution is 5.79. The maximum atomic E-state index is 11.9. The van der Waals surface area contributed by atoms with Crippen LogP contribution in [0.5, 0.6) is 0 Å². The SMILES string of the molecule is CC.CC1C[C@H](C(=O)N2CCC2)CN(O)C1. The fraction of sp³-hybridized carbons (Fsp3) is 0.917. The lowest BCUT2D eigenvalue weighted by molar-refractivity contribution is -0.159. The van der Waals surface area contributed by atoms with E-state index in [1.54, 1.807) is 0 Å². The summed E-state index contributed by atoms with van der Waals surface area (Å²) in [5, 5.41) is 10.7. The molecule has 1 N–H and O–H groups in total. The summed E-state index contributed by atoms with van der Waals surface area (Å²) in [7, 11) is 0. The predicted molar refractivity (Wildman–Crippen MR) is 63.2 cm³/mol. The first-order valence-electron chi connectivity index (χ1n) is 6.39. The van der Waals surface area contributed by atoms with E-state index in [4.69, 9.17) is 0 Å². The number of carbonyl (C=O) groups is 1. The normalized spacial score (nSPS) is 30.1. The number of likely N-dealkylation sites (tertiary alicyclic amines) is 1. The van der Waals surface area contributed by atoms with E-state index in [1.807, 2.05) is 18.7 Å². The Balaban J connectivity index is 0.000000606. The zero-order valence-electron chi connectivity index (χ0n) is 10.6. The van der Waals surface area contributed by atoms with E-state index >= 15 is 0 Å². The van der Waals surface area contributed by atoms with Gasteiger partial charge < -0.3 is 10.1 Å². The second kappa shape index (κ2) is 6.21. The van der Waals surface area contributed by atoms with Gasteiger partial charge in [-0.3, -0.25) is 4.79 Å². The number of piperidine rings is 1. The number of carbonyl (C=O) groups excluding carboxylic acids is 1. The number of rotatable bonds is 1. The lowest BCUT2D eigenvalue weighted by atomic mass is 9.90. The zero-order chi connectivity index (χ0) is 12.1. The maximum Gasteiger partial charge on any atom is 0.227 e. The molecule has 0 aromatic rings. The fourth-order valence-corrected chi connectivity index (χ4v) is 2.30. The van der Waals surface area contributed by atoms with E-state index in [1.165, 1.54) is 5.06 Å². The van der Waals surface area contributed by atoms with Gasteiger partial charge in [0.1, 0.15) is 0 Å². The molecule has 0 aliphatic carbocycles. The molecule has 94 valence electrons. The number of hydrogen-bond donors (Lipinski definition) is 1. The van der Waals surface area contributed by atoms with Gasteiger partial charge in [-0.1, -0.05) is 20.8 Å². The smallest absolute Gasteiger partial charge is 0.227 e. The minimum absolute atomic E-state index is 0.0176. The van der Waals surface area contributed by atoms with Crippen LogP contribution >= 0.6 is 0 Å². The highest BCUT2D eigenvalue weighted by atomic mass is 16.5. The van der Waals surface area contributed by atoms with Crippen LogP contribution in [0.25, 0.3) is 0 Å². The Labute approximate surface area is 98.2 Å². The van der Waals surface area contributed by atoms with Crippen LogP contribution in [0.4, 0.5) is 0 Å². The summed E-state index contributed by atoms with van der Waals surface area (Å²) >= 11 is 0. The molecule has 2 fully saturated rings. The third-order valence-corrected chi connectivity index (χ3v) is 3.16. The van der Waals surface area contributed by atoms with Crippen molar-refractivity contribution in [3.8, 4) is 0 Å². The molecule has 2 saturated heterocycles. The summed E-state index contributed by atoms with van der Waals surface area (Å²) in [5.74, 6) is 0.676. The van der Waals surface area contributed by atoms with Crippen LogP contribution in [-0.2, 0) is 4.79 Å². The first kappa shape index (κ1) is 13.5. The molecular formula is C12H24N2O2. The highest BCUT2D eigenvalue weighted by Gasteiger charge is 2.33. The van der Waals surface area contributed by atoms with E-state index in [2.05, 4.69) is 6.92 Å². The number of hydroxylamine groups is 2. The summed E-state index contributed by atoms with van der Waals surface area (Å²) < 4.78 is 0. The van der Waals surface area contributed by atoms with Crippen LogP contribution in [0.2, 0.25) is 0 Å². The summed E-state index contributed by atoms with van der Waals surface area (Å²) in [6, 6.07) is 0. The molecule has 0 aromatic heterocycles. The van der Waals surface area contributed by atoms with Crippen molar-refractivity contribution in [2.75, 3.05) is 26.2 Å². The topological polar surface area (TPSA) is 43.8 Å². The molecular weight excluding hydrogens is 204 g/mol. The molecule has 1 amide bonds. The summed E-state index contributed by atoms with van der Waals surface area (Å²) in [6.45, 7) is 9.12.